The van der Waals surface area contributed by atoms with Crippen molar-refractivity contribution in [1.82, 2.24) is 31.2 Å². The molecule has 0 bridgehead atoms. The molecule has 4 heterocycles. The number of nitrogens with zero attached hydrogens (tertiary/aromatic N) is 2. The van der Waals surface area contributed by atoms with Crippen LogP contribution in [0.3, 0.4) is 0 Å². The van der Waals surface area contributed by atoms with Crippen LogP contribution >= 0.6 is 11.8 Å². The van der Waals surface area contributed by atoms with Crippen LogP contribution < -0.4 is 21.3 Å². The van der Waals surface area contributed by atoms with E-state index in [0.29, 0.717) is 102 Å². The van der Waals surface area contributed by atoms with Crippen LogP contribution in [0, 0.1) is 6.92 Å². The van der Waals surface area contributed by atoms with E-state index in [4.69, 9.17) is 19.3 Å². The van der Waals surface area contributed by atoms with Gasteiger partial charge in [-0.2, -0.15) is 0 Å². The zero-order valence-corrected chi connectivity index (χ0v) is 28.1. The van der Waals surface area contributed by atoms with Gasteiger partial charge >= 0.3 is 12.0 Å². The molecule has 0 radical (unpaired) electrons. The summed E-state index contributed by atoms with van der Waals surface area (Å²) in [6.07, 6.45) is 6.23. The number of carbonyl (C=O) groups excluding carboxylic acids is 3. The first-order valence-corrected chi connectivity index (χ1v) is 17.4. The largest absolute Gasteiger partial charge is 0.481 e. The van der Waals surface area contributed by atoms with E-state index >= 15 is 0 Å². The van der Waals surface area contributed by atoms with Crippen molar-refractivity contribution < 1.29 is 38.5 Å². The van der Waals surface area contributed by atoms with Crippen molar-refractivity contribution in [3.8, 4) is 11.4 Å². The van der Waals surface area contributed by atoms with E-state index in [1.807, 2.05) is 19.1 Å². The molecule has 14 nitrogen and oxygen atoms in total. The maximum atomic E-state index is 13.3. The number of thioether (sulfide) groups is 1. The van der Waals surface area contributed by atoms with Gasteiger partial charge in [-0.05, 0) is 62.4 Å². The smallest absolute Gasteiger partial charge is 0.315 e. The first kappa shape index (κ1) is 37.0. The van der Waals surface area contributed by atoms with Gasteiger partial charge in [-0.25, -0.2) is 4.79 Å². The molecule has 2 saturated heterocycles. The van der Waals surface area contributed by atoms with E-state index < -0.39 is 10.7 Å². The highest BCUT2D eigenvalue weighted by atomic mass is 32.2. The number of unbranched alkanes of at least 4 members (excludes halogenated alkanes) is 1. The average Bonchev–Trinajstić information content (AvgIpc) is 3.62. The number of pyridine rings is 2. The zero-order chi connectivity index (χ0) is 34.2. The minimum Gasteiger partial charge on any atom is -0.481 e. The third-order valence-electron chi connectivity index (χ3n) is 8.05. The molecule has 4 rings (SSSR count). The fraction of sp³-hybridized carbons (Fsp3) is 0.576. The second kappa shape index (κ2) is 19.3. The number of rotatable bonds is 22. The van der Waals surface area contributed by atoms with Gasteiger partial charge in [0.15, 0.2) is 0 Å². The van der Waals surface area contributed by atoms with Crippen molar-refractivity contribution in [1.29, 1.82) is 0 Å². The Labute approximate surface area is 284 Å². The SMILES string of the molecule is Cc1ccnc(-c2cc(C(=O)NCCCOCCOCCOCCCNC(=O)[C@@]3(CCCCC(=O)O)SC[C@@H]4NC(=O)N[C@@H]43)ccn2)c1. The van der Waals surface area contributed by atoms with Crippen molar-refractivity contribution in [2.45, 2.75) is 62.3 Å². The molecule has 48 heavy (non-hydrogen) atoms. The minimum atomic E-state index is -0.858. The summed E-state index contributed by atoms with van der Waals surface area (Å²) in [5.74, 6) is -0.537. The maximum absolute atomic E-state index is 13.3. The molecule has 5 N–H and O–H groups in total. The lowest BCUT2D eigenvalue weighted by Crippen LogP contribution is -2.56. The molecule has 0 unspecified atom stereocenters. The van der Waals surface area contributed by atoms with Gasteiger partial charge in [0.2, 0.25) is 5.91 Å². The van der Waals surface area contributed by atoms with E-state index in [0.717, 1.165) is 11.3 Å². The van der Waals surface area contributed by atoms with Crippen LogP contribution in [-0.4, -0.2) is 114 Å². The van der Waals surface area contributed by atoms with Crippen LogP contribution in [0.25, 0.3) is 11.4 Å². The number of aromatic nitrogens is 2. The molecule has 2 fully saturated rings. The molecule has 2 aromatic heterocycles. The lowest BCUT2D eigenvalue weighted by molar-refractivity contribution is -0.137. The summed E-state index contributed by atoms with van der Waals surface area (Å²) in [5, 5.41) is 20.6. The number of carboxylic acid groups (broad SMARTS) is 1. The van der Waals surface area contributed by atoms with Crippen molar-refractivity contribution in [2.24, 2.45) is 0 Å². The zero-order valence-electron chi connectivity index (χ0n) is 27.3. The fourth-order valence-electron chi connectivity index (χ4n) is 5.59. The van der Waals surface area contributed by atoms with Gasteiger partial charge in [0, 0.05) is 56.4 Å². The summed E-state index contributed by atoms with van der Waals surface area (Å²) in [4.78, 5) is 57.3. The Morgan fingerprint density at radius 3 is 2.23 bits per heavy atom. The van der Waals surface area contributed by atoms with Gasteiger partial charge in [-0.3, -0.25) is 24.4 Å². The van der Waals surface area contributed by atoms with E-state index in [1.54, 1.807) is 24.5 Å². The third kappa shape index (κ3) is 11.1. The highest BCUT2D eigenvalue weighted by Crippen LogP contribution is 2.44. The van der Waals surface area contributed by atoms with Gasteiger partial charge < -0.3 is 40.6 Å². The summed E-state index contributed by atoms with van der Waals surface area (Å²) >= 11 is 1.52. The number of carbonyl (C=O) groups is 4. The summed E-state index contributed by atoms with van der Waals surface area (Å²) < 4.78 is 15.9. The van der Waals surface area contributed by atoms with E-state index in [-0.39, 0.29) is 36.3 Å². The molecule has 3 atom stereocenters. The quantitative estimate of drug-likeness (QED) is 0.0903. The summed E-state index contributed by atoms with van der Waals surface area (Å²) in [5.41, 5.74) is 2.97. The number of ether oxygens (including phenoxy) is 3. The Balaban J connectivity index is 0.989. The highest BCUT2D eigenvalue weighted by Gasteiger charge is 2.57. The van der Waals surface area contributed by atoms with Crippen molar-refractivity contribution in [3.63, 3.8) is 0 Å². The fourth-order valence-corrected chi connectivity index (χ4v) is 7.24. The first-order chi connectivity index (χ1) is 23.3. The normalized spacial score (nSPS) is 19.7. The van der Waals surface area contributed by atoms with Crippen LogP contribution in [-0.2, 0) is 23.8 Å². The molecule has 0 spiro atoms. The van der Waals surface area contributed by atoms with Gasteiger partial charge in [-0.15, -0.1) is 11.8 Å². The minimum absolute atomic E-state index is 0.0551. The number of fused-ring (bicyclic) bond motifs is 1. The van der Waals surface area contributed by atoms with Crippen molar-refractivity contribution >= 4 is 35.6 Å². The van der Waals surface area contributed by atoms with Crippen LogP contribution in [0.15, 0.2) is 36.7 Å². The predicted molar refractivity (Wildman–Crippen MR) is 180 cm³/mol. The highest BCUT2D eigenvalue weighted by molar-refractivity contribution is 8.01. The van der Waals surface area contributed by atoms with Gasteiger partial charge in [0.1, 0.15) is 4.75 Å². The average molecular weight is 687 g/mol. The standard InChI is InChI=1S/C33H46N6O8S/c1-23-7-12-34-25(20-23)26-21-24(8-13-35-26)30(42)36-10-4-14-45-16-18-47-19-17-46-15-5-11-37-31(43)33(9-3-2-6-28(40)41)29-27(22-48-33)38-32(44)39-29/h7-8,12-13,20-21,27,29H,2-6,9-11,14-19,22H2,1H3,(H,36,42)(H,37,43)(H,40,41)(H2,38,39,44)/t27-,29-,33-/m0/s1. The number of aryl methyl sites for hydroxylation is 1. The van der Waals surface area contributed by atoms with Crippen LogP contribution in [0.5, 0.6) is 0 Å². The molecule has 15 heteroatoms. The Morgan fingerprint density at radius 2 is 1.54 bits per heavy atom. The predicted octanol–water partition coefficient (Wildman–Crippen LogP) is 2.31. The number of nitrogens with one attached hydrogen (secondary N) is 4. The molecular weight excluding hydrogens is 640 g/mol. The van der Waals surface area contributed by atoms with Crippen molar-refractivity contribution in [2.75, 3.05) is 58.5 Å². The molecule has 2 aliphatic heterocycles. The monoisotopic (exact) mass is 686 g/mol. The van der Waals surface area contributed by atoms with Crippen molar-refractivity contribution in [3.05, 3.63) is 47.8 Å². The maximum Gasteiger partial charge on any atom is 0.315 e. The first-order valence-electron chi connectivity index (χ1n) is 16.4. The molecule has 2 aromatic rings. The van der Waals surface area contributed by atoms with Gasteiger partial charge in [0.25, 0.3) is 5.91 Å². The third-order valence-corrected chi connectivity index (χ3v) is 9.73. The second-order valence-corrected chi connectivity index (χ2v) is 13.1. The summed E-state index contributed by atoms with van der Waals surface area (Å²) in [6.45, 7) is 5.55. The van der Waals surface area contributed by atoms with Crippen LogP contribution in [0.4, 0.5) is 4.79 Å². The van der Waals surface area contributed by atoms with E-state index in [1.165, 1.54) is 11.8 Å². The Hall–Kier alpha value is -3.79. The number of aliphatic carboxylic acids is 1. The number of amides is 4. The second-order valence-electron chi connectivity index (χ2n) is 11.7. The van der Waals surface area contributed by atoms with E-state index in [2.05, 4.69) is 31.2 Å². The number of carboxylic acids is 1. The Morgan fingerprint density at radius 1 is 0.896 bits per heavy atom. The summed E-state index contributed by atoms with van der Waals surface area (Å²) in [7, 11) is 0. The number of hydrogen-bond acceptors (Lipinski definition) is 10. The topological polar surface area (TPSA) is 190 Å². The van der Waals surface area contributed by atoms with Gasteiger partial charge in [-0.1, -0.05) is 6.42 Å². The molecule has 262 valence electrons. The lowest BCUT2D eigenvalue weighted by atomic mass is 9.88. The van der Waals surface area contributed by atoms with E-state index in [9.17, 15) is 19.2 Å². The molecule has 0 aliphatic carbocycles. The number of hydrogen-bond donors (Lipinski definition) is 5. The number of urea groups is 1. The Bertz CT molecular complexity index is 1380. The van der Waals surface area contributed by atoms with Gasteiger partial charge in [0.05, 0.1) is 49.9 Å². The Kier molecular flexibility index (Phi) is 14.9. The van der Waals surface area contributed by atoms with Crippen LogP contribution in [0.1, 0.15) is 54.4 Å². The molecule has 0 saturated carbocycles. The molecule has 0 aromatic carbocycles. The molecule has 4 amide bonds. The van der Waals surface area contributed by atoms with Crippen LogP contribution in [0.2, 0.25) is 0 Å². The molecule has 2 aliphatic rings. The lowest BCUT2D eigenvalue weighted by Gasteiger charge is -2.32. The summed E-state index contributed by atoms with van der Waals surface area (Å²) in [6, 6.07) is 6.53. The molecular formula is C33H46N6O8S.